The zero-order valence-corrected chi connectivity index (χ0v) is 10.2. The van der Waals surface area contributed by atoms with Gasteiger partial charge < -0.3 is 11.1 Å². The highest BCUT2D eigenvalue weighted by Crippen LogP contribution is 2.26. The number of rotatable bonds is 3. The molecule has 0 atom stereocenters. The predicted octanol–water partition coefficient (Wildman–Crippen LogP) is 3.02. The Kier molecular flexibility index (Phi) is 3.44. The molecule has 0 saturated carbocycles. The van der Waals surface area contributed by atoms with Crippen LogP contribution in [-0.2, 0) is 6.42 Å². The fourth-order valence-electron chi connectivity index (χ4n) is 1.43. The molecule has 1 heterocycles. The Hall–Kier alpha value is -1.81. The van der Waals surface area contributed by atoms with Crippen molar-refractivity contribution in [1.29, 1.82) is 0 Å². The van der Waals surface area contributed by atoms with Gasteiger partial charge in [0.25, 0.3) is 0 Å². The number of hydrogen-bond donors (Lipinski definition) is 2. The van der Waals surface area contributed by atoms with Crippen molar-refractivity contribution in [3.05, 3.63) is 41.2 Å². The molecule has 0 fully saturated rings. The Morgan fingerprint density at radius 3 is 2.59 bits per heavy atom. The van der Waals surface area contributed by atoms with Gasteiger partial charge in [0.15, 0.2) is 5.82 Å². The van der Waals surface area contributed by atoms with Gasteiger partial charge in [0, 0.05) is 5.69 Å². The van der Waals surface area contributed by atoms with Crippen LogP contribution < -0.4 is 11.1 Å². The molecule has 17 heavy (non-hydrogen) atoms. The summed E-state index contributed by atoms with van der Waals surface area (Å²) >= 11 is 5.99. The molecule has 0 spiro atoms. The van der Waals surface area contributed by atoms with E-state index in [9.17, 15) is 0 Å². The fourth-order valence-corrected chi connectivity index (χ4v) is 1.58. The SMILES string of the molecule is CCc1ccc(Nc2ncnc(N)c2Cl)cc1. The maximum Gasteiger partial charge on any atom is 0.154 e. The fraction of sp³-hybridized carbons (Fsp3) is 0.167. The Balaban J connectivity index is 2.22. The highest BCUT2D eigenvalue weighted by molar-refractivity contribution is 6.35. The lowest BCUT2D eigenvalue weighted by atomic mass is 10.1. The van der Waals surface area contributed by atoms with Crippen LogP contribution in [0.5, 0.6) is 0 Å². The zero-order chi connectivity index (χ0) is 12.3. The van der Waals surface area contributed by atoms with Crippen molar-refractivity contribution in [2.75, 3.05) is 11.1 Å². The summed E-state index contributed by atoms with van der Waals surface area (Å²) in [5.41, 5.74) is 7.80. The van der Waals surface area contributed by atoms with Gasteiger partial charge in [-0.3, -0.25) is 0 Å². The van der Waals surface area contributed by atoms with Crippen molar-refractivity contribution in [2.45, 2.75) is 13.3 Å². The van der Waals surface area contributed by atoms with Gasteiger partial charge in [-0.15, -0.1) is 0 Å². The molecule has 1 aromatic carbocycles. The maximum atomic E-state index is 5.99. The number of aromatic nitrogens is 2. The average molecular weight is 249 g/mol. The third-order valence-electron chi connectivity index (χ3n) is 2.44. The van der Waals surface area contributed by atoms with Crippen LogP contribution >= 0.6 is 11.6 Å². The van der Waals surface area contributed by atoms with E-state index in [1.807, 2.05) is 12.1 Å². The molecule has 0 aliphatic rings. The molecule has 4 nitrogen and oxygen atoms in total. The largest absolute Gasteiger partial charge is 0.382 e. The molecule has 3 N–H and O–H groups in total. The first-order chi connectivity index (χ1) is 8.20. The topological polar surface area (TPSA) is 63.8 Å². The van der Waals surface area contributed by atoms with Gasteiger partial charge >= 0.3 is 0 Å². The number of nitrogens with zero attached hydrogens (tertiary/aromatic N) is 2. The van der Waals surface area contributed by atoms with E-state index >= 15 is 0 Å². The quantitative estimate of drug-likeness (QED) is 0.876. The van der Waals surface area contributed by atoms with Crippen LogP contribution in [0.1, 0.15) is 12.5 Å². The minimum absolute atomic E-state index is 0.273. The van der Waals surface area contributed by atoms with Gasteiger partial charge in [-0.05, 0) is 24.1 Å². The van der Waals surface area contributed by atoms with Gasteiger partial charge in [-0.2, -0.15) is 0 Å². The van der Waals surface area contributed by atoms with Crippen molar-refractivity contribution in [3.8, 4) is 0 Å². The van der Waals surface area contributed by atoms with Crippen molar-refractivity contribution in [2.24, 2.45) is 0 Å². The molecule has 5 heteroatoms. The lowest BCUT2D eigenvalue weighted by Crippen LogP contribution is -1.99. The van der Waals surface area contributed by atoms with E-state index < -0.39 is 0 Å². The summed E-state index contributed by atoms with van der Waals surface area (Å²) in [6.07, 6.45) is 2.39. The second kappa shape index (κ2) is 5.01. The summed E-state index contributed by atoms with van der Waals surface area (Å²) in [7, 11) is 0. The molecule has 0 unspecified atom stereocenters. The summed E-state index contributed by atoms with van der Waals surface area (Å²) in [5, 5.41) is 3.44. The molecule has 0 radical (unpaired) electrons. The number of benzene rings is 1. The second-order valence-corrected chi connectivity index (χ2v) is 3.97. The first-order valence-electron chi connectivity index (χ1n) is 5.32. The highest BCUT2D eigenvalue weighted by Gasteiger charge is 2.06. The predicted molar refractivity (Wildman–Crippen MR) is 70.6 cm³/mol. The van der Waals surface area contributed by atoms with Gasteiger partial charge in [0.05, 0.1) is 0 Å². The van der Waals surface area contributed by atoms with Gasteiger partial charge in [-0.1, -0.05) is 30.7 Å². The number of nitrogens with two attached hydrogens (primary N) is 1. The monoisotopic (exact) mass is 248 g/mol. The average Bonchev–Trinajstić information content (AvgIpc) is 2.36. The molecule has 1 aromatic heterocycles. The Morgan fingerprint density at radius 2 is 1.94 bits per heavy atom. The van der Waals surface area contributed by atoms with Crippen LogP contribution in [0.2, 0.25) is 5.02 Å². The first-order valence-corrected chi connectivity index (χ1v) is 5.70. The molecule has 0 aliphatic carbocycles. The Bertz CT molecular complexity index is 510. The van der Waals surface area contributed by atoms with Crippen molar-refractivity contribution < 1.29 is 0 Å². The standard InChI is InChI=1S/C12H13ClN4/c1-2-8-3-5-9(6-4-8)17-12-10(13)11(14)15-7-16-12/h3-7H,2H2,1H3,(H3,14,15,16,17). The van der Waals surface area contributed by atoms with Crippen molar-refractivity contribution in [1.82, 2.24) is 9.97 Å². The summed E-state index contributed by atoms with van der Waals surface area (Å²) in [5.74, 6) is 0.790. The van der Waals surface area contributed by atoms with Crippen LogP contribution in [0.3, 0.4) is 0 Å². The summed E-state index contributed by atoms with van der Waals surface area (Å²) in [6.45, 7) is 2.12. The normalized spacial score (nSPS) is 10.2. The van der Waals surface area contributed by atoms with E-state index in [1.54, 1.807) is 0 Å². The number of hydrogen-bond acceptors (Lipinski definition) is 4. The van der Waals surface area contributed by atoms with E-state index in [4.69, 9.17) is 17.3 Å². The van der Waals surface area contributed by atoms with Crippen molar-refractivity contribution >= 4 is 28.9 Å². The van der Waals surface area contributed by atoms with Crippen molar-refractivity contribution in [3.63, 3.8) is 0 Å². The highest BCUT2D eigenvalue weighted by atomic mass is 35.5. The van der Waals surface area contributed by atoms with E-state index in [1.165, 1.54) is 11.9 Å². The summed E-state index contributed by atoms with van der Waals surface area (Å²) in [4.78, 5) is 7.85. The third kappa shape index (κ3) is 2.65. The van der Waals surface area contributed by atoms with Gasteiger partial charge in [0.2, 0.25) is 0 Å². The van der Waals surface area contributed by atoms with Crippen LogP contribution in [0.25, 0.3) is 0 Å². The molecular weight excluding hydrogens is 236 g/mol. The summed E-state index contributed by atoms with van der Waals surface area (Å²) in [6, 6.07) is 8.07. The number of nitrogens with one attached hydrogen (secondary N) is 1. The minimum atomic E-state index is 0.273. The third-order valence-corrected chi connectivity index (χ3v) is 2.81. The van der Waals surface area contributed by atoms with Crippen LogP contribution in [-0.4, -0.2) is 9.97 Å². The second-order valence-electron chi connectivity index (χ2n) is 3.60. The van der Waals surface area contributed by atoms with Crippen LogP contribution in [0.15, 0.2) is 30.6 Å². The molecular formula is C12H13ClN4. The zero-order valence-electron chi connectivity index (χ0n) is 9.44. The van der Waals surface area contributed by atoms with E-state index in [0.717, 1.165) is 12.1 Å². The minimum Gasteiger partial charge on any atom is -0.382 e. The lowest BCUT2D eigenvalue weighted by molar-refractivity contribution is 1.14. The van der Waals surface area contributed by atoms with Gasteiger partial charge in [0.1, 0.15) is 17.2 Å². The maximum absolute atomic E-state index is 5.99. The first kappa shape index (κ1) is 11.7. The Labute approximate surface area is 105 Å². The van der Waals surface area contributed by atoms with Crippen LogP contribution in [0.4, 0.5) is 17.3 Å². The lowest BCUT2D eigenvalue weighted by Gasteiger charge is -2.08. The van der Waals surface area contributed by atoms with Gasteiger partial charge in [-0.25, -0.2) is 9.97 Å². The number of nitrogen functional groups attached to an aromatic ring is 1. The van der Waals surface area contributed by atoms with Crippen LogP contribution in [0, 0.1) is 0 Å². The molecule has 88 valence electrons. The summed E-state index contributed by atoms with van der Waals surface area (Å²) < 4.78 is 0. The molecule has 0 saturated heterocycles. The van der Waals surface area contributed by atoms with E-state index in [-0.39, 0.29) is 5.82 Å². The molecule has 0 aliphatic heterocycles. The number of anilines is 3. The molecule has 0 bridgehead atoms. The number of halogens is 1. The number of aryl methyl sites for hydroxylation is 1. The molecule has 2 aromatic rings. The smallest absolute Gasteiger partial charge is 0.154 e. The Morgan fingerprint density at radius 1 is 1.24 bits per heavy atom. The van der Waals surface area contributed by atoms with E-state index in [2.05, 4.69) is 34.3 Å². The molecule has 2 rings (SSSR count). The van der Waals surface area contributed by atoms with E-state index in [0.29, 0.717) is 10.8 Å². The molecule has 0 amide bonds.